The van der Waals surface area contributed by atoms with Crippen molar-refractivity contribution in [2.75, 3.05) is 0 Å². The summed E-state index contributed by atoms with van der Waals surface area (Å²) in [5, 5.41) is 18.0. The summed E-state index contributed by atoms with van der Waals surface area (Å²) in [5.41, 5.74) is 7.67. The number of carbonyl (C=O) groups excluding carboxylic acids is 3. The van der Waals surface area contributed by atoms with Gasteiger partial charge in [-0.1, -0.05) is 45.9 Å². The highest BCUT2D eigenvalue weighted by Crippen LogP contribution is 2.19. The van der Waals surface area contributed by atoms with Gasteiger partial charge < -0.3 is 31.8 Å². The number of carboxylic acid groups (broad SMARTS) is 1. The summed E-state index contributed by atoms with van der Waals surface area (Å²) < 4.78 is 0. The van der Waals surface area contributed by atoms with Crippen molar-refractivity contribution in [2.45, 2.75) is 65.2 Å². The quantitative estimate of drug-likeness (QED) is 0.284. The summed E-state index contributed by atoms with van der Waals surface area (Å²) in [5.74, 6) is -3.31. The Morgan fingerprint density at radius 1 is 0.912 bits per heavy atom. The highest BCUT2D eigenvalue weighted by Gasteiger charge is 2.30. The average molecular weight is 474 g/mol. The first-order chi connectivity index (χ1) is 15.9. The number of para-hydroxylation sites is 1. The summed E-state index contributed by atoms with van der Waals surface area (Å²) in [4.78, 5) is 52.8. The fourth-order valence-corrected chi connectivity index (χ4v) is 3.47. The van der Waals surface area contributed by atoms with Crippen molar-refractivity contribution in [3.8, 4) is 0 Å². The van der Waals surface area contributed by atoms with Crippen LogP contribution in [0.4, 0.5) is 0 Å². The maximum atomic E-state index is 13.1. The Kier molecular flexibility index (Phi) is 9.19. The van der Waals surface area contributed by atoms with Crippen LogP contribution >= 0.6 is 0 Å². The molecular weight excluding hydrogens is 438 g/mol. The monoisotopic (exact) mass is 473 g/mol. The normalized spacial score (nSPS) is 14.9. The minimum absolute atomic E-state index is 0.134. The van der Waals surface area contributed by atoms with Crippen molar-refractivity contribution < 1.29 is 24.3 Å². The van der Waals surface area contributed by atoms with Crippen molar-refractivity contribution in [1.29, 1.82) is 0 Å². The number of fused-ring (bicyclic) bond motifs is 1. The van der Waals surface area contributed by atoms with Gasteiger partial charge in [0.05, 0.1) is 6.04 Å². The summed E-state index contributed by atoms with van der Waals surface area (Å²) in [6.45, 7) is 8.41. The second-order valence-electron chi connectivity index (χ2n) is 9.19. The van der Waals surface area contributed by atoms with Crippen molar-refractivity contribution in [1.82, 2.24) is 20.9 Å². The zero-order valence-corrected chi connectivity index (χ0v) is 20.2. The molecule has 1 aromatic heterocycles. The fourth-order valence-electron chi connectivity index (χ4n) is 3.47. The number of amides is 3. The van der Waals surface area contributed by atoms with Gasteiger partial charge in [0.1, 0.15) is 18.1 Å². The summed E-state index contributed by atoms with van der Waals surface area (Å²) >= 11 is 0. The molecule has 10 nitrogen and oxygen atoms in total. The molecule has 0 bridgehead atoms. The molecule has 10 heteroatoms. The van der Waals surface area contributed by atoms with Crippen molar-refractivity contribution in [3.05, 3.63) is 36.0 Å². The molecule has 0 aliphatic rings. The molecule has 34 heavy (non-hydrogen) atoms. The van der Waals surface area contributed by atoms with Crippen LogP contribution in [0.2, 0.25) is 0 Å². The molecule has 4 unspecified atom stereocenters. The number of benzene rings is 1. The molecule has 0 saturated heterocycles. The molecule has 1 aromatic carbocycles. The van der Waals surface area contributed by atoms with Crippen LogP contribution in [0.3, 0.4) is 0 Å². The Hall–Kier alpha value is -3.40. The van der Waals surface area contributed by atoms with Crippen LogP contribution in [0.25, 0.3) is 10.9 Å². The van der Waals surface area contributed by atoms with Gasteiger partial charge in [0.2, 0.25) is 17.7 Å². The number of aromatic amines is 1. The van der Waals surface area contributed by atoms with E-state index in [-0.39, 0.29) is 18.3 Å². The molecular formula is C24H35N5O5. The van der Waals surface area contributed by atoms with Crippen LogP contribution < -0.4 is 21.7 Å². The number of carboxylic acids is 1. The van der Waals surface area contributed by atoms with Gasteiger partial charge in [0.25, 0.3) is 0 Å². The molecule has 186 valence electrons. The van der Waals surface area contributed by atoms with E-state index in [2.05, 4.69) is 20.9 Å². The third-order valence-electron chi connectivity index (χ3n) is 5.74. The van der Waals surface area contributed by atoms with E-state index < -0.39 is 47.9 Å². The van der Waals surface area contributed by atoms with Crippen molar-refractivity contribution in [3.63, 3.8) is 0 Å². The van der Waals surface area contributed by atoms with Crippen LogP contribution in [0.15, 0.2) is 30.5 Å². The van der Waals surface area contributed by atoms with Crippen LogP contribution in [-0.4, -0.2) is 57.9 Å². The van der Waals surface area contributed by atoms with Gasteiger partial charge in [-0.2, -0.15) is 0 Å². The van der Waals surface area contributed by atoms with Gasteiger partial charge in [0, 0.05) is 23.5 Å². The van der Waals surface area contributed by atoms with Gasteiger partial charge in [-0.25, -0.2) is 4.79 Å². The topological polar surface area (TPSA) is 166 Å². The number of carbonyl (C=O) groups is 4. The smallest absolute Gasteiger partial charge is 0.326 e. The lowest BCUT2D eigenvalue weighted by atomic mass is 10.0. The van der Waals surface area contributed by atoms with E-state index in [9.17, 15) is 24.3 Å². The van der Waals surface area contributed by atoms with Crippen LogP contribution in [-0.2, 0) is 25.6 Å². The molecule has 0 aliphatic heterocycles. The first-order valence-corrected chi connectivity index (χ1v) is 11.4. The molecule has 7 N–H and O–H groups in total. The summed E-state index contributed by atoms with van der Waals surface area (Å²) in [7, 11) is 0. The lowest BCUT2D eigenvalue weighted by Gasteiger charge is -2.25. The standard InChI is InChI=1S/C24H35N5O5/c1-12(2)19(25)23(32)28-18(10-15-11-26-17-9-7-6-8-16(15)17)22(31)27-14(5)21(30)29-20(13(3)4)24(33)34/h6-9,11-14,18-20,26H,10,25H2,1-5H3,(H,27,31)(H,28,32)(H,29,30)(H,33,34). The Labute approximate surface area is 199 Å². The van der Waals surface area contributed by atoms with E-state index in [1.54, 1.807) is 33.9 Å². The number of hydrogen-bond donors (Lipinski definition) is 6. The largest absolute Gasteiger partial charge is 0.480 e. The highest BCUT2D eigenvalue weighted by atomic mass is 16.4. The average Bonchev–Trinajstić information content (AvgIpc) is 3.18. The minimum atomic E-state index is -1.16. The Morgan fingerprint density at radius 3 is 2.15 bits per heavy atom. The third-order valence-corrected chi connectivity index (χ3v) is 5.74. The number of H-pyrrole nitrogens is 1. The minimum Gasteiger partial charge on any atom is -0.480 e. The molecule has 2 aromatic rings. The highest BCUT2D eigenvalue weighted by molar-refractivity contribution is 5.94. The molecule has 1 heterocycles. The molecule has 0 radical (unpaired) electrons. The third kappa shape index (κ3) is 6.80. The molecule has 0 spiro atoms. The van der Waals surface area contributed by atoms with E-state index in [4.69, 9.17) is 5.73 Å². The van der Waals surface area contributed by atoms with Crippen molar-refractivity contribution >= 4 is 34.6 Å². The van der Waals surface area contributed by atoms with Gasteiger partial charge in [-0.3, -0.25) is 14.4 Å². The van der Waals surface area contributed by atoms with Gasteiger partial charge in [-0.15, -0.1) is 0 Å². The first-order valence-electron chi connectivity index (χ1n) is 11.4. The lowest BCUT2D eigenvalue weighted by Crippen LogP contribution is -2.57. The predicted octanol–water partition coefficient (Wildman–Crippen LogP) is 0.909. The number of nitrogens with one attached hydrogen (secondary N) is 4. The van der Waals surface area contributed by atoms with E-state index in [1.165, 1.54) is 6.92 Å². The second kappa shape index (κ2) is 11.6. The molecule has 0 aliphatic carbocycles. The van der Waals surface area contributed by atoms with Gasteiger partial charge >= 0.3 is 5.97 Å². The van der Waals surface area contributed by atoms with E-state index >= 15 is 0 Å². The Balaban J connectivity index is 2.20. The van der Waals surface area contributed by atoms with Gasteiger partial charge in [-0.05, 0) is 30.4 Å². The number of aromatic nitrogens is 1. The molecule has 0 fully saturated rings. The first kappa shape index (κ1) is 26.8. The maximum absolute atomic E-state index is 13.1. The zero-order valence-electron chi connectivity index (χ0n) is 20.2. The number of aliphatic carboxylic acids is 1. The maximum Gasteiger partial charge on any atom is 0.326 e. The predicted molar refractivity (Wildman–Crippen MR) is 129 cm³/mol. The number of rotatable bonds is 11. The number of nitrogens with two attached hydrogens (primary N) is 1. The summed E-state index contributed by atoms with van der Waals surface area (Å²) in [6.07, 6.45) is 1.94. The van der Waals surface area contributed by atoms with Crippen LogP contribution in [0.1, 0.15) is 40.2 Å². The van der Waals surface area contributed by atoms with E-state index in [1.807, 2.05) is 24.3 Å². The molecule has 2 rings (SSSR count). The van der Waals surface area contributed by atoms with E-state index in [0.29, 0.717) is 0 Å². The van der Waals surface area contributed by atoms with E-state index in [0.717, 1.165) is 16.5 Å². The second-order valence-corrected chi connectivity index (χ2v) is 9.19. The van der Waals surface area contributed by atoms with Crippen LogP contribution in [0, 0.1) is 11.8 Å². The fraction of sp³-hybridized carbons (Fsp3) is 0.500. The molecule has 3 amide bonds. The SMILES string of the molecule is CC(NC(=O)C(Cc1c[nH]c2ccccc12)NC(=O)C(N)C(C)C)C(=O)NC(C(=O)O)C(C)C. The van der Waals surface area contributed by atoms with Gasteiger partial charge in [0.15, 0.2) is 0 Å². The summed E-state index contributed by atoms with van der Waals surface area (Å²) in [6, 6.07) is 3.67. The van der Waals surface area contributed by atoms with Crippen molar-refractivity contribution in [2.24, 2.45) is 17.6 Å². The molecule has 4 atom stereocenters. The zero-order chi connectivity index (χ0) is 25.6. The molecule has 0 saturated carbocycles. The number of hydrogen-bond acceptors (Lipinski definition) is 5. The Bertz CT molecular complexity index is 1030. The van der Waals surface area contributed by atoms with Crippen LogP contribution in [0.5, 0.6) is 0 Å². The Morgan fingerprint density at radius 2 is 1.56 bits per heavy atom. The lowest BCUT2D eigenvalue weighted by molar-refractivity contribution is -0.143.